The highest BCUT2D eigenvalue weighted by atomic mass is 16.3. The Balaban J connectivity index is 1.81. The summed E-state index contributed by atoms with van der Waals surface area (Å²) in [6.07, 6.45) is 7.96. The zero-order valence-corrected chi connectivity index (χ0v) is 12.7. The van der Waals surface area contributed by atoms with Crippen molar-refractivity contribution in [1.29, 1.82) is 0 Å². The van der Waals surface area contributed by atoms with Crippen molar-refractivity contribution in [2.24, 2.45) is 5.92 Å². The molecule has 1 saturated heterocycles. The van der Waals surface area contributed by atoms with Gasteiger partial charge in [-0.1, -0.05) is 26.2 Å². The normalized spacial score (nSPS) is 23.9. The second-order valence-corrected chi connectivity index (χ2v) is 6.29. The topological polar surface area (TPSA) is 28.4 Å². The molecule has 3 heteroatoms. The second-order valence-electron chi connectivity index (χ2n) is 6.29. The molecule has 2 aliphatic rings. The summed E-state index contributed by atoms with van der Waals surface area (Å²) in [5.41, 5.74) is 0. The first-order valence-electron chi connectivity index (χ1n) is 8.42. The van der Waals surface area contributed by atoms with Crippen molar-refractivity contribution in [2.45, 2.75) is 51.5 Å². The molecule has 2 heterocycles. The maximum absolute atomic E-state index is 6.14. The van der Waals surface area contributed by atoms with Crippen molar-refractivity contribution in [3.8, 4) is 0 Å². The number of piperazine rings is 1. The predicted molar refractivity (Wildman–Crippen MR) is 81.8 cm³/mol. The van der Waals surface area contributed by atoms with Gasteiger partial charge in [0.15, 0.2) is 0 Å². The summed E-state index contributed by atoms with van der Waals surface area (Å²) in [4.78, 5) is 2.66. The average molecular weight is 276 g/mol. The summed E-state index contributed by atoms with van der Waals surface area (Å²) >= 11 is 0. The van der Waals surface area contributed by atoms with Crippen molar-refractivity contribution in [3.05, 3.63) is 23.7 Å². The van der Waals surface area contributed by atoms with Crippen LogP contribution in [0.1, 0.15) is 56.6 Å². The number of nitrogens with one attached hydrogen (secondary N) is 1. The molecule has 1 aromatic rings. The number of nitrogens with zero attached hydrogens (tertiary/aromatic N) is 1. The Morgan fingerprint density at radius 3 is 2.60 bits per heavy atom. The lowest BCUT2D eigenvalue weighted by Gasteiger charge is -2.39. The van der Waals surface area contributed by atoms with Crippen LogP contribution in [0, 0.1) is 5.92 Å². The fourth-order valence-electron chi connectivity index (χ4n) is 3.86. The Hall–Kier alpha value is -0.800. The summed E-state index contributed by atoms with van der Waals surface area (Å²) in [5.74, 6) is 3.14. The molecule has 3 nitrogen and oxygen atoms in total. The fraction of sp³-hybridized carbons (Fsp3) is 0.765. The molecule has 3 rings (SSSR count). The quantitative estimate of drug-likeness (QED) is 0.914. The second kappa shape index (κ2) is 6.77. The summed E-state index contributed by atoms with van der Waals surface area (Å²) in [6, 6.07) is 4.92. The minimum Gasteiger partial charge on any atom is -0.464 e. The molecule has 20 heavy (non-hydrogen) atoms. The SMILES string of the molecule is CCc1ccc([C@H](C2CCCCC2)N2CCNCC2)o1. The Labute approximate surface area is 122 Å². The van der Waals surface area contributed by atoms with Crippen molar-refractivity contribution < 1.29 is 4.42 Å². The maximum atomic E-state index is 6.14. The van der Waals surface area contributed by atoms with E-state index in [4.69, 9.17) is 4.42 Å². The van der Waals surface area contributed by atoms with Crippen molar-refractivity contribution >= 4 is 0 Å². The highest BCUT2D eigenvalue weighted by Gasteiger charge is 2.32. The summed E-state index contributed by atoms with van der Waals surface area (Å²) in [6.45, 7) is 6.71. The van der Waals surface area contributed by atoms with Crippen molar-refractivity contribution in [3.63, 3.8) is 0 Å². The van der Waals surface area contributed by atoms with Crippen LogP contribution in [0.2, 0.25) is 0 Å². The minimum absolute atomic E-state index is 0.512. The van der Waals surface area contributed by atoms with Crippen LogP contribution >= 0.6 is 0 Å². The van der Waals surface area contributed by atoms with Gasteiger partial charge in [0.2, 0.25) is 0 Å². The van der Waals surface area contributed by atoms with Crippen LogP contribution in [0.5, 0.6) is 0 Å². The first kappa shape index (κ1) is 14.2. The van der Waals surface area contributed by atoms with Gasteiger partial charge in [-0.2, -0.15) is 0 Å². The van der Waals surface area contributed by atoms with Crippen LogP contribution in [-0.2, 0) is 6.42 Å². The number of furan rings is 1. The molecule has 112 valence electrons. The van der Waals surface area contributed by atoms with Crippen molar-refractivity contribution in [1.82, 2.24) is 10.2 Å². The molecule has 2 fully saturated rings. The van der Waals surface area contributed by atoms with Crippen LogP contribution < -0.4 is 5.32 Å². The van der Waals surface area contributed by atoms with Gasteiger partial charge in [0, 0.05) is 32.6 Å². The highest BCUT2D eigenvalue weighted by Crippen LogP contribution is 2.39. The molecule has 0 unspecified atom stereocenters. The first-order chi connectivity index (χ1) is 9.88. The molecule has 1 aliphatic heterocycles. The smallest absolute Gasteiger partial charge is 0.121 e. The molecular formula is C17H28N2O. The van der Waals surface area contributed by atoms with Gasteiger partial charge in [0.25, 0.3) is 0 Å². The Kier molecular flexibility index (Phi) is 4.79. The number of aryl methyl sites for hydroxylation is 1. The zero-order chi connectivity index (χ0) is 13.8. The first-order valence-corrected chi connectivity index (χ1v) is 8.42. The van der Waals surface area contributed by atoms with Crippen LogP contribution in [0.15, 0.2) is 16.5 Å². The maximum Gasteiger partial charge on any atom is 0.121 e. The summed E-state index contributed by atoms with van der Waals surface area (Å²) < 4.78 is 6.14. The third-order valence-electron chi connectivity index (χ3n) is 4.96. The van der Waals surface area contributed by atoms with Gasteiger partial charge in [-0.05, 0) is 30.9 Å². The molecule has 0 amide bonds. The fourth-order valence-corrected chi connectivity index (χ4v) is 3.86. The van der Waals surface area contributed by atoms with Gasteiger partial charge in [-0.3, -0.25) is 4.90 Å². The van der Waals surface area contributed by atoms with Crippen LogP contribution in [-0.4, -0.2) is 31.1 Å². The van der Waals surface area contributed by atoms with Gasteiger partial charge in [0.1, 0.15) is 11.5 Å². The average Bonchev–Trinajstić information content (AvgIpc) is 2.98. The molecule has 0 aromatic carbocycles. The van der Waals surface area contributed by atoms with E-state index in [1.807, 2.05) is 0 Å². The number of hydrogen-bond donors (Lipinski definition) is 1. The van der Waals surface area contributed by atoms with E-state index < -0.39 is 0 Å². The standard InChI is InChI=1S/C17H28N2O/c1-2-15-8-9-16(20-15)17(14-6-4-3-5-7-14)19-12-10-18-11-13-19/h8-9,14,17-18H,2-7,10-13H2,1H3/t17-/m0/s1. The van der Waals surface area contributed by atoms with Crippen LogP contribution in [0.25, 0.3) is 0 Å². The van der Waals surface area contributed by atoms with Crippen LogP contribution in [0.4, 0.5) is 0 Å². The van der Waals surface area contributed by atoms with Gasteiger partial charge >= 0.3 is 0 Å². The largest absolute Gasteiger partial charge is 0.464 e. The number of hydrogen-bond acceptors (Lipinski definition) is 3. The van der Waals surface area contributed by atoms with E-state index in [0.717, 1.165) is 44.3 Å². The lowest BCUT2D eigenvalue weighted by molar-refractivity contribution is 0.0861. The van der Waals surface area contributed by atoms with E-state index in [-0.39, 0.29) is 0 Å². The summed E-state index contributed by atoms with van der Waals surface area (Å²) in [5, 5.41) is 3.47. The zero-order valence-electron chi connectivity index (χ0n) is 12.7. The molecule has 1 aromatic heterocycles. The third-order valence-corrected chi connectivity index (χ3v) is 4.96. The highest BCUT2D eigenvalue weighted by molar-refractivity contribution is 5.13. The lowest BCUT2D eigenvalue weighted by atomic mass is 9.82. The van der Waals surface area contributed by atoms with Gasteiger partial charge < -0.3 is 9.73 Å². The monoisotopic (exact) mass is 276 g/mol. The molecule has 0 radical (unpaired) electrons. The van der Waals surface area contributed by atoms with Gasteiger partial charge in [0.05, 0.1) is 6.04 Å². The molecule has 1 N–H and O–H groups in total. The van der Waals surface area contributed by atoms with E-state index in [9.17, 15) is 0 Å². The molecule has 1 atom stereocenters. The Bertz CT molecular complexity index is 385. The third kappa shape index (κ3) is 3.09. The molecule has 1 aliphatic carbocycles. The molecule has 1 saturated carbocycles. The Morgan fingerprint density at radius 2 is 1.95 bits per heavy atom. The minimum atomic E-state index is 0.512. The van der Waals surface area contributed by atoms with E-state index in [0.29, 0.717) is 6.04 Å². The van der Waals surface area contributed by atoms with E-state index in [2.05, 4.69) is 29.3 Å². The van der Waals surface area contributed by atoms with E-state index >= 15 is 0 Å². The Morgan fingerprint density at radius 1 is 1.20 bits per heavy atom. The van der Waals surface area contributed by atoms with E-state index in [1.165, 1.54) is 37.9 Å². The van der Waals surface area contributed by atoms with Crippen molar-refractivity contribution in [2.75, 3.05) is 26.2 Å². The van der Waals surface area contributed by atoms with Gasteiger partial charge in [-0.25, -0.2) is 0 Å². The lowest BCUT2D eigenvalue weighted by Crippen LogP contribution is -2.47. The molecule has 0 bridgehead atoms. The van der Waals surface area contributed by atoms with Gasteiger partial charge in [-0.15, -0.1) is 0 Å². The molecular weight excluding hydrogens is 248 g/mol. The van der Waals surface area contributed by atoms with E-state index in [1.54, 1.807) is 0 Å². The number of rotatable bonds is 4. The summed E-state index contributed by atoms with van der Waals surface area (Å²) in [7, 11) is 0. The van der Waals surface area contributed by atoms with Crippen LogP contribution in [0.3, 0.4) is 0 Å². The predicted octanol–water partition coefficient (Wildman–Crippen LogP) is 3.37. The molecule has 0 spiro atoms.